The third-order valence-corrected chi connectivity index (χ3v) is 3.44. The molecule has 0 N–H and O–H groups in total. The fraction of sp³-hybridized carbons (Fsp3) is 0.143. The second-order valence-corrected chi connectivity index (χ2v) is 4.36. The van der Waals surface area contributed by atoms with E-state index in [1.54, 1.807) is 0 Å². The largest absolute Gasteiger partial charge is 0.553 e. The summed E-state index contributed by atoms with van der Waals surface area (Å²) < 4.78 is 5.53. The molecule has 2 aromatic carbocycles. The highest BCUT2D eigenvalue weighted by molar-refractivity contribution is 6.00. The second kappa shape index (κ2) is 4.54. The summed E-state index contributed by atoms with van der Waals surface area (Å²) in [5, 5.41) is 0. The van der Waals surface area contributed by atoms with Crippen LogP contribution in [0.5, 0.6) is 5.75 Å². The molecule has 2 heteroatoms. The molecule has 82 valence electrons. The maximum atomic E-state index is 5.53. The van der Waals surface area contributed by atoms with Gasteiger partial charge in [-0.2, -0.15) is 0 Å². The van der Waals surface area contributed by atoms with Crippen LogP contribution in [-0.4, -0.2) is 10.5 Å². The number of rotatable bonds is 2. The van der Waals surface area contributed by atoms with Gasteiger partial charge < -0.3 is 4.43 Å². The lowest BCUT2D eigenvalue weighted by atomic mass is 9.96. The van der Waals surface area contributed by atoms with E-state index in [0.717, 1.165) is 16.2 Å². The van der Waals surface area contributed by atoms with Crippen LogP contribution >= 0.6 is 0 Å². The van der Waals surface area contributed by atoms with E-state index in [1.165, 1.54) is 22.3 Å². The number of para-hydroxylation sites is 1. The monoisotopic (exact) mass is 228 g/mol. The van der Waals surface area contributed by atoms with Crippen molar-refractivity contribution >= 4 is 10.5 Å². The number of aryl methyl sites for hydroxylation is 1. The Morgan fingerprint density at radius 2 is 1.56 bits per heavy atom. The van der Waals surface area contributed by atoms with E-state index in [4.69, 9.17) is 4.43 Å². The molecule has 1 nitrogen and oxygen atoms in total. The van der Waals surface area contributed by atoms with Gasteiger partial charge in [0.25, 0.3) is 0 Å². The molecule has 0 aliphatic heterocycles. The molecule has 0 unspecified atom stereocenters. The van der Waals surface area contributed by atoms with Crippen LogP contribution in [0.15, 0.2) is 42.5 Å². The van der Waals surface area contributed by atoms with E-state index in [1.807, 2.05) is 12.1 Å². The van der Waals surface area contributed by atoms with Crippen molar-refractivity contribution in [2.24, 2.45) is 0 Å². The first-order valence-corrected chi connectivity index (χ1v) is 6.25. The Balaban J connectivity index is 2.63. The van der Waals surface area contributed by atoms with Crippen molar-refractivity contribution in [1.29, 1.82) is 0 Å². The smallest absolute Gasteiger partial charge is 0.204 e. The third kappa shape index (κ3) is 1.88. The van der Waals surface area contributed by atoms with Gasteiger partial charge in [-0.05, 0) is 36.6 Å². The zero-order chi connectivity index (χ0) is 11.5. The molecule has 0 amide bonds. The van der Waals surface area contributed by atoms with Crippen LogP contribution in [0, 0.1) is 13.8 Å². The van der Waals surface area contributed by atoms with E-state index >= 15 is 0 Å². The van der Waals surface area contributed by atoms with Crippen molar-refractivity contribution < 1.29 is 4.43 Å². The molecule has 0 spiro atoms. The minimum atomic E-state index is 0.722. The zero-order valence-electron chi connectivity index (χ0n) is 9.95. The Morgan fingerprint density at radius 1 is 0.875 bits per heavy atom. The molecule has 16 heavy (non-hydrogen) atoms. The molecule has 0 atom stereocenters. The molecular formula is C14H16OSi. The summed E-state index contributed by atoms with van der Waals surface area (Å²) >= 11 is 0. The highest BCUT2D eigenvalue weighted by Gasteiger charge is 2.07. The first-order valence-electron chi connectivity index (χ1n) is 5.43. The maximum Gasteiger partial charge on any atom is 0.204 e. The lowest BCUT2D eigenvalue weighted by Gasteiger charge is -2.12. The quantitative estimate of drug-likeness (QED) is 0.718. The lowest BCUT2D eigenvalue weighted by molar-refractivity contribution is 0.618. The third-order valence-electron chi connectivity index (χ3n) is 3.00. The predicted molar refractivity (Wildman–Crippen MR) is 71.9 cm³/mol. The van der Waals surface area contributed by atoms with Crippen molar-refractivity contribution in [1.82, 2.24) is 0 Å². The van der Waals surface area contributed by atoms with Gasteiger partial charge in [-0.15, -0.1) is 0 Å². The maximum absolute atomic E-state index is 5.53. The summed E-state index contributed by atoms with van der Waals surface area (Å²) in [6.45, 7) is 4.30. The fourth-order valence-corrected chi connectivity index (χ4v) is 2.27. The predicted octanol–water partition coefficient (Wildman–Crippen LogP) is 2.63. The van der Waals surface area contributed by atoms with Crippen LogP contribution < -0.4 is 4.43 Å². The van der Waals surface area contributed by atoms with Crippen LogP contribution in [0.2, 0.25) is 0 Å². The highest BCUT2D eigenvalue weighted by atomic mass is 28.2. The Morgan fingerprint density at radius 3 is 2.31 bits per heavy atom. The van der Waals surface area contributed by atoms with Crippen LogP contribution in [0.3, 0.4) is 0 Å². The summed E-state index contributed by atoms with van der Waals surface area (Å²) in [5.41, 5.74) is 5.11. The second-order valence-electron chi connectivity index (χ2n) is 3.95. The van der Waals surface area contributed by atoms with Crippen molar-refractivity contribution in [2.45, 2.75) is 13.8 Å². The van der Waals surface area contributed by atoms with Gasteiger partial charge in [-0.25, -0.2) is 0 Å². The molecule has 0 fully saturated rings. The zero-order valence-corrected chi connectivity index (χ0v) is 11.9. The minimum absolute atomic E-state index is 0.722. The van der Waals surface area contributed by atoms with Crippen molar-refractivity contribution in [3.8, 4) is 16.9 Å². The van der Waals surface area contributed by atoms with Gasteiger partial charge in [0.05, 0.1) is 0 Å². The Hall–Kier alpha value is -1.54. The SMILES string of the molecule is Cc1cccc(-c2ccccc2O[SiH3])c1C. The molecule has 0 saturated carbocycles. The molecular weight excluding hydrogens is 212 g/mol. The first kappa shape index (κ1) is 11.0. The van der Waals surface area contributed by atoms with E-state index in [-0.39, 0.29) is 0 Å². The Kier molecular flexibility index (Phi) is 3.11. The molecule has 0 aromatic heterocycles. The molecule has 2 aromatic rings. The summed E-state index contributed by atoms with van der Waals surface area (Å²) in [5.74, 6) is 0.989. The molecule has 0 radical (unpaired) electrons. The summed E-state index contributed by atoms with van der Waals surface area (Å²) in [7, 11) is 0.722. The summed E-state index contributed by atoms with van der Waals surface area (Å²) in [6, 6.07) is 14.6. The van der Waals surface area contributed by atoms with E-state index in [0.29, 0.717) is 0 Å². The van der Waals surface area contributed by atoms with E-state index < -0.39 is 0 Å². The molecule has 0 bridgehead atoms. The Bertz CT molecular complexity index is 506. The fourth-order valence-electron chi connectivity index (χ4n) is 1.91. The average Bonchev–Trinajstić information content (AvgIpc) is 2.33. The van der Waals surface area contributed by atoms with Crippen LogP contribution in [0.25, 0.3) is 11.1 Å². The standard InChI is InChI=1S/C14H16OSi/c1-10-6-5-8-12(11(10)2)13-7-3-4-9-14(13)15-16/h3-9H,1-2,16H3. The minimum Gasteiger partial charge on any atom is -0.553 e. The first-order chi connectivity index (χ1) is 7.74. The van der Waals surface area contributed by atoms with Crippen molar-refractivity contribution in [3.05, 3.63) is 53.6 Å². The molecule has 2 rings (SSSR count). The number of benzene rings is 2. The van der Waals surface area contributed by atoms with Gasteiger partial charge in [0, 0.05) is 5.56 Å². The number of hydrogen-bond donors (Lipinski definition) is 0. The van der Waals surface area contributed by atoms with Crippen molar-refractivity contribution in [2.75, 3.05) is 0 Å². The Labute approximate surface area is 99.6 Å². The van der Waals surface area contributed by atoms with Gasteiger partial charge >= 0.3 is 0 Å². The van der Waals surface area contributed by atoms with Gasteiger partial charge in [0.2, 0.25) is 10.5 Å². The number of hydrogen-bond acceptors (Lipinski definition) is 1. The van der Waals surface area contributed by atoms with Gasteiger partial charge in [-0.1, -0.05) is 36.4 Å². The highest BCUT2D eigenvalue weighted by Crippen LogP contribution is 2.32. The normalized spacial score (nSPS) is 10.4. The van der Waals surface area contributed by atoms with Gasteiger partial charge in [0.1, 0.15) is 5.75 Å². The van der Waals surface area contributed by atoms with Crippen LogP contribution in [0.1, 0.15) is 11.1 Å². The van der Waals surface area contributed by atoms with Crippen LogP contribution in [0.4, 0.5) is 0 Å². The summed E-state index contributed by atoms with van der Waals surface area (Å²) in [4.78, 5) is 0. The van der Waals surface area contributed by atoms with Gasteiger partial charge in [-0.3, -0.25) is 0 Å². The molecule has 0 aliphatic rings. The summed E-state index contributed by atoms with van der Waals surface area (Å²) in [6.07, 6.45) is 0. The lowest BCUT2D eigenvalue weighted by Crippen LogP contribution is -1.92. The van der Waals surface area contributed by atoms with E-state index in [9.17, 15) is 0 Å². The average molecular weight is 228 g/mol. The molecule has 0 saturated heterocycles. The van der Waals surface area contributed by atoms with E-state index in [2.05, 4.69) is 44.2 Å². The van der Waals surface area contributed by atoms with Gasteiger partial charge in [0.15, 0.2) is 0 Å². The van der Waals surface area contributed by atoms with Crippen molar-refractivity contribution in [3.63, 3.8) is 0 Å². The molecule has 0 aliphatic carbocycles. The molecule has 0 heterocycles. The topological polar surface area (TPSA) is 9.23 Å². The van der Waals surface area contributed by atoms with Crippen LogP contribution in [-0.2, 0) is 0 Å².